The van der Waals surface area contributed by atoms with Crippen molar-refractivity contribution in [2.75, 3.05) is 19.5 Å². The third-order valence-corrected chi connectivity index (χ3v) is 6.63. The van der Waals surface area contributed by atoms with Gasteiger partial charge in [0, 0.05) is 0 Å². The SMILES string of the molecule is CCCCCCOc1ccc(/C=N\NC(=O)CSc2nc3ccccc3s2)cc1OC. The number of carbonyl (C=O) groups is 1. The number of thiazole rings is 1. The van der Waals surface area contributed by atoms with Gasteiger partial charge in [-0.25, -0.2) is 10.4 Å². The van der Waals surface area contributed by atoms with Crippen molar-refractivity contribution in [3.8, 4) is 11.5 Å². The number of para-hydroxylation sites is 1. The fourth-order valence-corrected chi connectivity index (χ4v) is 4.71. The van der Waals surface area contributed by atoms with Gasteiger partial charge in [0.2, 0.25) is 0 Å². The van der Waals surface area contributed by atoms with Crippen LogP contribution in [0.4, 0.5) is 0 Å². The number of hydrazone groups is 1. The molecular weight excluding hydrogens is 430 g/mol. The Morgan fingerprint density at radius 2 is 2.06 bits per heavy atom. The van der Waals surface area contributed by atoms with Crippen molar-refractivity contribution >= 4 is 45.4 Å². The van der Waals surface area contributed by atoms with Crippen molar-refractivity contribution in [2.24, 2.45) is 5.10 Å². The summed E-state index contributed by atoms with van der Waals surface area (Å²) in [5.41, 5.74) is 4.32. The van der Waals surface area contributed by atoms with Crippen molar-refractivity contribution in [3.05, 3.63) is 48.0 Å². The number of thioether (sulfide) groups is 1. The summed E-state index contributed by atoms with van der Waals surface area (Å²) in [4.78, 5) is 16.6. The van der Waals surface area contributed by atoms with E-state index in [0.29, 0.717) is 18.1 Å². The van der Waals surface area contributed by atoms with E-state index in [1.807, 2.05) is 42.5 Å². The van der Waals surface area contributed by atoms with Crippen LogP contribution in [0.15, 0.2) is 51.9 Å². The molecule has 1 aromatic heterocycles. The predicted octanol–water partition coefficient (Wildman–Crippen LogP) is 5.51. The second-order valence-corrected chi connectivity index (χ2v) is 9.10. The number of hydrogen-bond acceptors (Lipinski definition) is 7. The van der Waals surface area contributed by atoms with Gasteiger partial charge in [-0.1, -0.05) is 50.1 Å². The summed E-state index contributed by atoms with van der Waals surface area (Å²) in [5, 5.41) is 4.05. The number of nitrogens with zero attached hydrogens (tertiary/aromatic N) is 2. The van der Waals surface area contributed by atoms with Gasteiger partial charge in [-0.2, -0.15) is 5.10 Å². The highest BCUT2D eigenvalue weighted by Gasteiger charge is 2.08. The van der Waals surface area contributed by atoms with Gasteiger partial charge in [0.1, 0.15) is 0 Å². The van der Waals surface area contributed by atoms with E-state index in [9.17, 15) is 4.79 Å². The van der Waals surface area contributed by atoms with Crippen molar-refractivity contribution in [3.63, 3.8) is 0 Å². The summed E-state index contributed by atoms with van der Waals surface area (Å²) in [6, 6.07) is 13.5. The first kappa shape index (κ1) is 23.1. The van der Waals surface area contributed by atoms with Crippen LogP contribution in [0.5, 0.6) is 11.5 Å². The molecule has 0 aliphatic rings. The van der Waals surface area contributed by atoms with Gasteiger partial charge in [0.25, 0.3) is 5.91 Å². The lowest BCUT2D eigenvalue weighted by Gasteiger charge is -2.11. The molecule has 0 unspecified atom stereocenters. The van der Waals surface area contributed by atoms with Crippen molar-refractivity contribution < 1.29 is 14.3 Å². The molecule has 0 atom stereocenters. The summed E-state index contributed by atoms with van der Waals surface area (Å²) in [5.74, 6) is 1.44. The Bertz CT molecular complexity index is 987. The van der Waals surface area contributed by atoms with Crippen LogP contribution in [0.2, 0.25) is 0 Å². The second kappa shape index (κ2) is 12.3. The van der Waals surface area contributed by atoms with Gasteiger partial charge < -0.3 is 9.47 Å². The quantitative estimate of drug-likeness (QED) is 0.168. The van der Waals surface area contributed by atoms with Crippen molar-refractivity contribution in [2.45, 2.75) is 36.9 Å². The fraction of sp³-hybridized carbons (Fsp3) is 0.348. The average Bonchev–Trinajstić information content (AvgIpc) is 3.21. The van der Waals surface area contributed by atoms with Crippen LogP contribution >= 0.6 is 23.1 Å². The zero-order valence-electron chi connectivity index (χ0n) is 17.8. The van der Waals surface area contributed by atoms with E-state index in [1.54, 1.807) is 24.7 Å². The number of methoxy groups -OCH3 is 1. The molecule has 8 heteroatoms. The molecule has 0 aliphatic heterocycles. The smallest absolute Gasteiger partial charge is 0.250 e. The Kier molecular flexibility index (Phi) is 9.17. The van der Waals surface area contributed by atoms with Crippen LogP contribution in [0.3, 0.4) is 0 Å². The second-order valence-electron chi connectivity index (χ2n) is 6.85. The topological polar surface area (TPSA) is 72.8 Å². The highest BCUT2D eigenvalue weighted by molar-refractivity contribution is 8.01. The zero-order chi connectivity index (χ0) is 21.9. The lowest BCUT2D eigenvalue weighted by atomic mass is 10.2. The highest BCUT2D eigenvalue weighted by Crippen LogP contribution is 2.29. The minimum Gasteiger partial charge on any atom is -0.493 e. The molecule has 1 heterocycles. The maximum absolute atomic E-state index is 12.1. The summed E-state index contributed by atoms with van der Waals surface area (Å²) in [6.45, 7) is 2.86. The number of nitrogens with one attached hydrogen (secondary N) is 1. The highest BCUT2D eigenvalue weighted by atomic mass is 32.2. The molecule has 0 aliphatic carbocycles. The number of hydrogen-bond donors (Lipinski definition) is 1. The molecule has 6 nitrogen and oxygen atoms in total. The Morgan fingerprint density at radius 1 is 1.19 bits per heavy atom. The molecule has 0 bridgehead atoms. The van der Waals surface area contributed by atoms with Gasteiger partial charge in [-0.3, -0.25) is 4.79 Å². The van der Waals surface area contributed by atoms with E-state index in [1.165, 1.54) is 31.0 Å². The maximum Gasteiger partial charge on any atom is 0.250 e. The van der Waals surface area contributed by atoms with Gasteiger partial charge in [-0.05, 0) is 42.3 Å². The zero-order valence-corrected chi connectivity index (χ0v) is 19.4. The largest absolute Gasteiger partial charge is 0.493 e. The number of aromatic nitrogens is 1. The Morgan fingerprint density at radius 3 is 2.87 bits per heavy atom. The van der Waals surface area contributed by atoms with Crippen LogP contribution in [0.1, 0.15) is 38.2 Å². The minimum absolute atomic E-state index is 0.181. The third-order valence-electron chi connectivity index (χ3n) is 4.45. The summed E-state index contributed by atoms with van der Waals surface area (Å²) >= 11 is 2.99. The maximum atomic E-state index is 12.1. The molecule has 1 N–H and O–H groups in total. The molecule has 31 heavy (non-hydrogen) atoms. The van der Waals surface area contributed by atoms with Crippen LogP contribution in [0.25, 0.3) is 10.2 Å². The molecule has 2 aromatic carbocycles. The van der Waals surface area contributed by atoms with E-state index in [-0.39, 0.29) is 11.7 Å². The molecule has 3 aromatic rings. The average molecular weight is 458 g/mol. The van der Waals surface area contributed by atoms with Crippen LogP contribution < -0.4 is 14.9 Å². The first-order valence-electron chi connectivity index (χ1n) is 10.3. The van der Waals surface area contributed by atoms with Gasteiger partial charge in [0.05, 0.1) is 35.9 Å². The molecule has 0 saturated carbocycles. The standard InChI is InChI=1S/C23H27N3O3S2/c1-3-4-5-8-13-29-19-12-11-17(14-20(19)28-2)15-24-26-22(27)16-30-23-25-18-9-6-7-10-21(18)31-23/h6-7,9-12,14-15H,3-5,8,13,16H2,1-2H3,(H,26,27)/b24-15-. The van der Waals surface area contributed by atoms with E-state index < -0.39 is 0 Å². The molecule has 3 rings (SSSR count). The normalized spacial score (nSPS) is 11.2. The molecule has 0 radical (unpaired) electrons. The molecule has 0 spiro atoms. The molecule has 164 valence electrons. The molecule has 0 saturated heterocycles. The predicted molar refractivity (Wildman–Crippen MR) is 129 cm³/mol. The van der Waals surface area contributed by atoms with Gasteiger partial charge >= 0.3 is 0 Å². The number of carbonyl (C=O) groups excluding carboxylic acids is 1. The first-order valence-corrected chi connectivity index (χ1v) is 12.1. The minimum atomic E-state index is -0.181. The number of fused-ring (bicyclic) bond motifs is 1. The number of rotatable bonds is 12. The Hall–Kier alpha value is -2.58. The summed E-state index contributed by atoms with van der Waals surface area (Å²) in [7, 11) is 1.61. The first-order chi connectivity index (χ1) is 15.2. The van der Waals surface area contributed by atoms with E-state index in [4.69, 9.17) is 9.47 Å². The van der Waals surface area contributed by atoms with Crippen molar-refractivity contribution in [1.29, 1.82) is 0 Å². The van der Waals surface area contributed by atoms with Crippen LogP contribution in [-0.4, -0.2) is 36.6 Å². The lowest BCUT2D eigenvalue weighted by Crippen LogP contribution is -2.19. The lowest BCUT2D eigenvalue weighted by molar-refractivity contribution is -0.118. The molecule has 0 fully saturated rings. The molecule has 1 amide bonds. The summed E-state index contributed by atoms with van der Waals surface area (Å²) < 4.78 is 13.2. The Labute approximate surface area is 191 Å². The monoisotopic (exact) mass is 457 g/mol. The fourth-order valence-electron chi connectivity index (χ4n) is 2.85. The summed E-state index contributed by atoms with van der Waals surface area (Å²) in [6.07, 6.45) is 6.21. The van der Waals surface area contributed by atoms with Crippen molar-refractivity contribution in [1.82, 2.24) is 10.4 Å². The molecular formula is C23H27N3O3S2. The van der Waals surface area contributed by atoms with Crippen LogP contribution in [-0.2, 0) is 4.79 Å². The van der Waals surface area contributed by atoms with E-state index >= 15 is 0 Å². The number of unbranched alkanes of at least 4 members (excludes halogenated alkanes) is 3. The van der Waals surface area contributed by atoms with Crippen LogP contribution in [0, 0.1) is 0 Å². The number of benzene rings is 2. The van der Waals surface area contributed by atoms with E-state index in [0.717, 1.165) is 26.5 Å². The number of ether oxygens (including phenoxy) is 2. The number of amides is 1. The van der Waals surface area contributed by atoms with Gasteiger partial charge in [-0.15, -0.1) is 11.3 Å². The third kappa shape index (κ3) is 7.25. The Balaban J connectivity index is 1.46. The van der Waals surface area contributed by atoms with E-state index in [2.05, 4.69) is 22.4 Å². The van der Waals surface area contributed by atoms with Gasteiger partial charge in [0.15, 0.2) is 15.8 Å².